The summed E-state index contributed by atoms with van der Waals surface area (Å²) in [4.78, 5) is 20.8. The van der Waals surface area contributed by atoms with Crippen LogP contribution in [0.1, 0.15) is 13.8 Å². The summed E-state index contributed by atoms with van der Waals surface area (Å²) in [6.07, 6.45) is 0.147. The molecule has 0 saturated carbocycles. The van der Waals surface area contributed by atoms with Crippen LogP contribution in [0.3, 0.4) is 0 Å². The van der Waals surface area contributed by atoms with Crippen molar-refractivity contribution in [2.75, 3.05) is 0 Å². The van der Waals surface area contributed by atoms with Gasteiger partial charge in [0.15, 0.2) is 6.29 Å². The highest BCUT2D eigenvalue weighted by atomic mass is 16.2. The van der Waals surface area contributed by atoms with E-state index >= 15 is 0 Å². The number of rotatable bonds is 3. The van der Waals surface area contributed by atoms with Crippen molar-refractivity contribution in [1.29, 1.82) is 5.26 Å². The van der Waals surface area contributed by atoms with Gasteiger partial charge >= 0.3 is 0 Å². The summed E-state index contributed by atoms with van der Waals surface area (Å²) in [6.45, 7) is 2.87. The van der Waals surface area contributed by atoms with E-state index in [1.807, 2.05) is 6.07 Å². The minimum atomic E-state index is -1.35. The molecule has 0 spiro atoms. The fourth-order valence-corrected chi connectivity index (χ4v) is 0.474. The molecule has 0 fully saturated rings. The predicted octanol–water partition coefficient (Wildman–Crippen LogP) is -0.369. The standard InChI is InChI=1S/C7H10N2O2/c1-5(3-8)7(2,9)6(11)4-10/h4-5H,9H2,1-2H3. The lowest BCUT2D eigenvalue weighted by Crippen LogP contribution is -2.50. The minimum absolute atomic E-state index is 0.147. The zero-order valence-electron chi connectivity index (χ0n) is 6.50. The fraction of sp³-hybridized carbons (Fsp3) is 0.571. The molecule has 0 aliphatic carbocycles. The Morgan fingerprint density at radius 2 is 2.27 bits per heavy atom. The molecule has 11 heavy (non-hydrogen) atoms. The van der Waals surface area contributed by atoms with Crippen molar-refractivity contribution in [3.63, 3.8) is 0 Å². The van der Waals surface area contributed by atoms with Gasteiger partial charge in [0, 0.05) is 0 Å². The van der Waals surface area contributed by atoms with Crippen molar-refractivity contribution in [1.82, 2.24) is 0 Å². The molecule has 0 aromatic heterocycles. The molecule has 0 aromatic rings. The topological polar surface area (TPSA) is 83.9 Å². The van der Waals surface area contributed by atoms with E-state index in [4.69, 9.17) is 11.0 Å². The highest BCUT2D eigenvalue weighted by molar-refractivity contribution is 6.29. The molecule has 2 atom stereocenters. The Labute approximate surface area is 65.0 Å². The molecule has 2 N–H and O–H groups in total. The first-order valence-corrected chi connectivity index (χ1v) is 3.15. The van der Waals surface area contributed by atoms with Crippen molar-refractivity contribution < 1.29 is 9.59 Å². The summed E-state index contributed by atoms with van der Waals surface area (Å²) in [5.74, 6) is -1.40. The van der Waals surface area contributed by atoms with E-state index in [1.165, 1.54) is 13.8 Å². The molecule has 0 amide bonds. The highest BCUT2D eigenvalue weighted by Crippen LogP contribution is 2.12. The molecule has 2 unspecified atom stereocenters. The van der Waals surface area contributed by atoms with Crippen LogP contribution in [0, 0.1) is 17.2 Å². The van der Waals surface area contributed by atoms with Crippen LogP contribution in [0.25, 0.3) is 0 Å². The van der Waals surface area contributed by atoms with E-state index in [-0.39, 0.29) is 6.29 Å². The maximum Gasteiger partial charge on any atom is 0.215 e. The van der Waals surface area contributed by atoms with E-state index in [1.54, 1.807) is 0 Å². The fourth-order valence-electron chi connectivity index (χ4n) is 0.474. The summed E-state index contributed by atoms with van der Waals surface area (Å²) in [6, 6.07) is 1.82. The molecule has 60 valence electrons. The summed E-state index contributed by atoms with van der Waals surface area (Å²) >= 11 is 0. The first-order chi connectivity index (χ1) is 4.96. The number of hydrogen-bond acceptors (Lipinski definition) is 4. The van der Waals surface area contributed by atoms with Gasteiger partial charge in [-0.25, -0.2) is 0 Å². The van der Waals surface area contributed by atoms with Crippen LogP contribution >= 0.6 is 0 Å². The van der Waals surface area contributed by atoms with Crippen LogP contribution < -0.4 is 5.73 Å². The largest absolute Gasteiger partial charge is 0.318 e. The number of ketones is 1. The third kappa shape index (κ3) is 1.85. The number of aldehydes is 1. The van der Waals surface area contributed by atoms with Crippen LogP contribution in [0.2, 0.25) is 0 Å². The van der Waals surface area contributed by atoms with E-state index in [2.05, 4.69) is 0 Å². The lowest BCUT2D eigenvalue weighted by molar-refractivity contribution is -0.133. The smallest absolute Gasteiger partial charge is 0.215 e. The van der Waals surface area contributed by atoms with E-state index in [9.17, 15) is 9.59 Å². The second-order valence-electron chi connectivity index (χ2n) is 2.62. The third-order valence-electron chi connectivity index (χ3n) is 1.73. The van der Waals surface area contributed by atoms with Crippen LogP contribution in [-0.4, -0.2) is 17.6 Å². The quantitative estimate of drug-likeness (QED) is 0.444. The number of carbonyl (C=O) groups is 2. The summed E-state index contributed by atoms with van der Waals surface area (Å²) in [5, 5.41) is 8.42. The molecule has 0 saturated heterocycles. The Balaban J connectivity index is 4.60. The van der Waals surface area contributed by atoms with Gasteiger partial charge in [-0.3, -0.25) is 9.59 Å². The molecule has 0 heterocycles. The Kier molecular flexibility index (Phi) is 2.90. The summed E-state index contributed by atoms with van der Waals surface area (Å²) in [7, 11) is 0. The number of nitriles is 1. The van der Waals surface area contributed by atoms with Crippen molar-refractivity contribution in [2.24, 2.45) is 11.7 Å². The van der Waals surface area contributed by atoms with Crippen molar-refractivity contribution in [2.45, 2.75) is 19.4 Å². The zero-order chi connectivity index (χ0) is 9.07. The van der Waals surface area contributed by atoms with Crippen LogP contribution in [0.4, 0.5) is 0 Å². The maximum absolute atomic E-state index is 10.8. The van der Waals surface area contributed by atoms with Gasteiger partial charge in [0.2, 0.25) is 5.78 Å². The van der Waals surface area contributed by atoms with Gasteiger partial charge < -0.3 is 5.73 Å². The number of nitrogens with zero attached hydrogens (tertiary/aromatic N) is 1. The molecular weight excluding hydrogens is 144 g/mol. The predicted molar refractivity (Wildman–Crippen MR) is 38.4 cm³/mol. The molecule has 0 aromatic carbocycles. The van der Waals surface area contributed by atoms with Gasteiger partial charge in [-0.15, -0.1) is 0 Å². The van der Waals surface area contributed by atoms with Gasteiger partial charge in [-0.1, -0.05) is 0 Å². The SMILES string of the molecule is CC(C#N)C(C)(N)C(=O)C=O. The van der Waals surface area contributed by atoms with Gasteiger partial charge in [0.1, 0.15) is 0 Å². The second kappa shape index (κ2) is 3.26. The van der Waals surface area contributed by atoms with Crippen LogP contribution in [0.15, 0.2) is 0 Å². The van der Waals surface area contributed by atoms with Crippen LogP contribution in [0.5, 0.6) is 0 Å². The summed E-state index contributed by atoms with van der Waals surface area (Å²) < 4.78 is 0. The molecule has 0 bridgehead atoms. The first kappa shape index (κ1) is 9.79. The molecule has 0 rings (SSSR count). The molecule has 4 heteroatoms. The first-order valence-electron chi connectivity index (χ1n) is 3.15. The van der Waals surface area contributed by atoms with E-state index in [0.29, 0.717) is 0 Å². The van der Waals surface area contributed by atoms with Crippen molar-refractivity contribution >= 4 is 12.1 Å². The Morgan fingerprint density at radius 3 is 2.55 bits per heavy atom. The van der Waals surface area contributed by atoms with Crippen molar-refractivity contribution in [3.05, 3.63) is 0 Å². The summed E-state index contributed by atoms with van der Waals surface area (Å²) in [5.41, 5.74) is 4.07. The van der Waals surface area contributed by atoms with Gasteiger partial charge in [-0.2, -0.15) is 5.26 Å². The molecule has 0 aliphatic rings. The average molecular weight is 154 g/mol. The van der Waals surface area contributed by atoms with Crippen molar-refractivity contribution in [3.8, 4) is 6.07 Å². The van der Waals surface area contributed by atoms with E-state index < -0.39 is 17.2 Å². The average Bonchev–Trinajstić information content (AvgIpc) is 2.01. The van der Waals surface area contributed by atoms with Gasteiger partial charge in [0.25, 0.3) is 0 Å². The lowest BCUT2D eigenvalue weighted by atomic mass is 9.86. The molecule has 0 radical (unpaired) electrons. The molecule has 0 aliphatic heterocycles. The number of nitrogens with two attached hydrogens (primary N) is 1. The van der Waals surface area contributed by atoms with E-state index in [0.717, 1.165) is 0 Å². The normalized spacial score (nSPS) is 17.6. The molecular formula is C7H10N2O2. The Hall–Kier alpha value is -1.21. The van der Waals surface area contributed by atoms with Crippen LogP contribution in [-0.2, 0) is 9.59 Å². The zero-order valence-corrected chi connectivity index (χ0v) is 6.50. The lowest BCUT2D eigenvalue weighted by Gasteiger charge is -2.21. The number of Topliss-reactive ketones (excluding diaryl/α,β-unsaturated/α-hetero) is 1. The maximum atomic E-state index is 10.8. The molecule has 4 nitrogen and oxygen atoms in total. The minimum Gasteiger partial charge on any atom is -0.318 e. The van der Waals surface area contributed by atoms with Gasteiger partial charge in [0.05, 0.1) is 17.5 Å². The Bertz CT molecular complexity index is 215. The van der Waals surface area contributed by atoms with Gasteiger partial charge in [-0.05, 0) is 13.8 Å². The second-order valence-corrected chi connectivity index (χ2v) is 2.62. The third-order valence-corrected chi connectivity index (χ3v) is 1.73. The highest BCUT2D eigenvalue weighted by Gasteiger charge is 2.34. The number of carbonyl (C=O) groups excluding carboxylic acids is 2. The number of hydrogen-bond donors (Lipinski definition) is 1. The monoisotopic (exact) mass is 154 g/mol. The Morgan fingerprint density at radius 1 is 1.82 bits per heavy atom.